The number of pyridine rings is 1. The van der Waals surface area contributed by atoms with E-state index in [2.05, 4.69) is 18.9 Å². The Morgan fingerprint density at radius 2 is 2.00 bits per heavy atom. The molecular formula is C23H23ClF2N2O4. The predicted octanol–water partition coefficient (Wildman–Crippen LogP) is 4.86. The van der Waals surface area contributed by atoms with Crippen molar-refractivity contribution >= 4 is 17.6 Å². The number of carbonyl (C=O) groups is 1. The molecule has 2 aliphatic heterocycles. The Bertz CT molecular complexity index is 1190. The Kier molecular flexibility index (Phi) is 4.61. The number of hydrogen-bond acceptors (Lipinski definition) is 4. The second-order valence-corrected chi connectivity index (χ2v) is 10.0. The number of hydrogen-bond donors (Lipinski definition) is 1. The first-order valence-corrected chi connectivity index (χ1v) is 11.0. The highest BCUT2D eigenvalue weighted by Gasteiger charge is 2.46. The van der Waals surface area contributed by atoms with Crippen molar-refractivity contribution < 1.29 is 23.4 Å². The zero-order chi connectivity index (χ0) is 23.0. The monoisotopic (exact) mass is 464 g/mol. The van der Waals surface area contributed by atoms with Gasteiger partial charge in [0, 0.05) is 36.6 Å². The van der Waals surface area contributed by atoms with Crippen LogP contribution in [0.1, 0.15) is 61.5 Å². The fourth-order valence-electron chi connectivity index (χ4n) is 5.23. The maximum absolute atomic E-state index is 13.1. The highest BCUT2D eigenvalue weighted by atomic mass is 35.5. The number of benzene rings is 1. The third-order valence-corrected chi connectivity index (χ3v) is 7.12. The highest BCUT2D eigenvalue weighted by Crippen LogP contribution is 2.50. The normalized spacial score (nSPS) is 22.5. The van der Waals surface area contributed by atoms with Gasteiger partial charge in [0.15, 0.2) is 5.43 Å². The van der Waals surface area contributed by atoms with Crippen molar-refractivity contribution in [2.24, 2.45) is 5.92 Å². The van der Waals surface area contributed by atoms with Gasteiger partial charge in [0.25, 0.3) is 0 Å². The standard InChI is InChI=1S/C23H23ClF2N2O4/c1-22(2)4-3-17-14-6-20(32-11-12-8-23(25,26)9-12)16(24)5-13(14)18-7-19(29)15(21(30)31)10-27(18)28(17)22/h5-7,10,12,17H,3-4,8-9,11H2,1-2H3,(H,30,31). The Morgan fingerprint density at radius 1 is 1.28 bits per heavy atom. The van der Waals surface area contributed by atoms with E-state index in [1.54, 1.807) is 10.7 Å². The van der Waals surface area contributed by atoms with E-state index in [-0.39, 0.29) is 42.5 Å². The predicted molar refractivity (Wildman–Crippen MR) is 116 cm³/mol. The maximum Gasteiger partial charge on any atom is 0.341 e. The number of carboxylic acid groups (broad SMARTS) is 1. The first-order valence-electron chi connectivity index (χ1n) is 10.6. The molecule has 9 heteroatoms. The third-order valence-electron chi connectivity index (χ3n) is 6.83. The van der Waals surface area contributed by atoms with E-state index in [4.69, 9.17) is 16.3 Å². The number of rotatable bonds is 4. The molecule has 1 unspecified atom stereocenters. The molecule has 2 aromatic rings. The number of aromatic nitrogens is 1. The van der Waals surface area contributed by atoms with E-state index in [9.17, 15) is 23.5 Å². The summed E-state index contributed by atoms with van der Waals surface area (Å²) in [6, 6.07) is 4.83. The van der Waals surface area contributed by atoms with Crippen molar-refractivity contribution in [3.63, 3.8) is 0 Å². The van der Waals surface area contributed by atoms with Gasteiger partial charge in [-0.15, -0.1) is 0 Å². The molecule has 32 heavy (non-hydrogen) atoms. The minimum atomic E-state index is -2.60. The van der Waals surface area contributed by atoms with Gasteiger partial charge in [-0.1, -0.05) is 11.6 Å². The largest absolute Gasteiger partial charge is 0.492 e. The molecule has 1 aromatic heterocycles. The van der Waals surface area contributed by atoms with Crippen LogP contribution in [0, 0.1) is 5.92 Å². The number of nitrogens with zero attached hydrogens (tertiary/aromatic N) is 2. The fourth-order valence-corrected chi connectivity index (χ4v) is 5.45. The van der Waals surface area contributed by atoms with Gasteiger partial charge in [0.05, 0.1) is 28.9 Å². The van der Waals surface area contributed by atoms with E-state index >= 15 is 0 Å². The van der Waals surface area contributed by atoms with Gasteiger partial charge in [0.1, 0.15) is 11.3 Å². The second-order valence-electron chi connectivity index (χ2n) is 9.61. The Balaban J connectivity index is 1.58. The Labute approximate surface area is 188 Å². The fraction of sp³-hybridized carbons (Fsp3) is 0.478. The average molecular weight is 465 g/mol. The summed E-state index contributed by atoms with van der Waals surface area (Å²) < 4.78 is 33.9. The molecule has 1 saturated heterocycles. The summed E-state index contributed by atoms with van der Waals surface area (Å²) in [6.07, 6.45) is 2.72. The van der Waals surface area contributed by atoms with Crippen LogP contribution in [0.25, 0.3) is 11.3 Å². The zero-order valence-corrected chi connectivity index (χ0v) is 18.5. The zero-order valence-electron chi connectivity index (χ0n) is 17.7. The minimum Gasteiger partial charge on any atom is -0.492 e. The number of carboxylic acids is 1. The first-order chi connectivity index (χ1) is 15.0. The van der Waals surface area contributed by atoms with Gasteiger partial charge < -0.3 is 9.84 Å². The molecule has 0 radical (unpaired) electrons. The molecule has 1 atom stereocenters. The number of fused-ring (bicyclic) bond motifs is 6. The van der Waals surface area contributed by atoms with Gasteiger partial charge in [-0.2, -0.15) is 0 Å². The molecule has 170 valence electrons. The number of halogens is 3. The summed E-state index contributed by atoms with van der Waals surface area (Å²) in [5, 5.41) is 11.9. The smallest absolute Gasteiger partial charge is 0.341 e. The number of alkyl halides is 2. The van der Waals surface area contributed by atoms with Crippen LogP contribution >= 0.6 is 11.6 Å². The summed E-state index contributed by atoms with van der Waals surface area (Å²) in [7, 11) is 0. The van der Waals surface area contributed by atoms with Gasteiger partial charge in [-0.3, -0.25) is 14.5 Å². The summed E-state index contributed by atoms with van der Waals surface area (Å²) in [5.74, 6) is -3.64. The van der Waals surface area contributed by atoms with Crippen LogP contribution in [0.15, 0.2) is 29.2 Å². The van der Waals surface area contributed by atoms with Gasteiger partial charge in [-0.25, -0.2) is 13.6 Å². The van der Waals surface area contributed by atoms with E-state index in [1.165, 1.54) is 12.3 Å². The molecule has 0 amide bonds. The lowest BCUT2D eigenvalue weighted by molar-refractivity contribution is -0.119. The van der Waals surface area contributed by atoms with E-state index in [1.807, 2.05) is 6.07 Å². The molecule has 6 nitrogen and oxygen atoms in total. The quantitative estimate of drug-likeness (QED) is 0.700. The van der Waals surface area contributed by atoms with Crippen LogP contribution in [0.3, 0.4) is 0 Å². The Morgan fingerprint density at radius 3 is 2.66 bits per heavy atom. The summed E-state index contributed by atoms with van der Waals surface area (Å²) in [6.45, 7) is 4.32. The van der Waals surface area contributed by atoms with Gasteiger partial charge in [-0.05, 0) is 44.4 Å². The SMILES string of the molecule is CC1(C)CCC2c3cc(OCC4CC(F)(F)C4)c(Cl)cc3-c3cc(=O)c(C(=O)O)cn3N21. The lowest BCUT2D eigenvalue weighted by atomic mass is 9.82. The maximum atomic E-state index is 13.1. The van der Waals surface area contributed by atoms with Crippen LogP contribution in [0.4, 0.5) is 8.78 Å². The molecular weight excluding hydrogens is 442 g/mol. The summed E-state index contributed by atoms with van der Waals surface area (Å²) in [5.41, 5.74) is 1.09. The lowest BCUT2D eigenvalue weighted by Crippen LogP contribution is -2.50. The van der Waals surface area contributed by atoms with Crippen molar-refractivity contribution in [3.05, 3.63) is 50.8 Å². The lowest BCUT2D eigenvalue weighted by Gasteiger charge is -2.44. The highest BCUT2D eigenvalue weighted by molar-refractivity contribution is 6.32. The number of ether oxygens (including phenoxy) is 1. The third kappa shape index (κ3) is 3.27. The number of aromatic carboxylic acids is 1. The van der Waals surface area contributed by atoms with Crippen molar-refractivity contribution in [2.75, 3.05) is 11.6 Å². The van der Waals surface area contributed by atoms with Crippen LogP contribution in [0.5, 0.6) is 5.75 Å². The topological polar surface area (TPSA) is 71.8 Å². The van der Waals surface area contributed by atoms with Crippen LogP contribution < -0.4 is 15.2 Å². The molecule has 3 aliphatic rings. The molecule has 2 fully saturated rings. The van der Waals surface area contributed by atoms with E-state index in [0.717, 1.165) is 24.0 Å². The Hall–Kier alpha value is -2.61. The molecule has 1 aliphatic carbocycles. The molecule has 3 heterocycles. The first kappa shape index (κ1) is 21.2. The van der Waals surface area contributed by atoms with Crippen molar-refractivity contribution in [3.8, 4) is 17.0 Å². The molecule has 5 rings (SSSR count). The van der Waals surface area contributed by atoms with E-state index in [0.29, 0.717) is 16.5 Å². The van der Waals surface area contributed by atoms with Crippen molar-refractivity contribution in [1.82, 2.24) is 4.68 Å². The molecule has 0 bridgehead atoms. The molecule has 0 spiro atoms. The van der Waals surface area contributed by atoms with Crippen LogP contribution in [-0.2, 0) is 0 Å². The van der Waals surface area contributed by atoms with E-state index < -0.39 is 17.3 Å². The van der Waals surface area contributed by atoms with Gasteiger partial charge >= 0.3 is 5.97 Å². The molecule has 1 saturated carbocycles. The second kappa shape index (κ2) is 6.94. The van der Waals surface area contributed by atoms with Crippen molar-refractivity contribution in [2.45, 2.75) is 57.0 Å². The molecule has 1 aromatic carbocycles. The van der Waals surface area contributed by atoms with Crippen LogP contribution in [-0.4, -0.2) is 33.8 Å². The molecule has 1 N–H and O–H groups in total. The van der Waals surface area contributed by atoms with Crippen LogP contribution in [0.2, 0.25) is 5.02 Å². The average Bonchev–Trinajstić information content (AvgIpc) is 3.00. The summed E-state index contributed by atoms with van der Waals surface area (Å²) >= 11 is 6.48. The minimum absolute atomic E-state index is 0.0655. The van der Waals surface area contributed by atoms with Gasteiger partial charge in [0.2, 0.25) is 5.92 Å². The van der Waals surface area contributed by atoms with Crippen molar-refractivity contribution in [1.29, 1.82) is 0 Å². The summed E-state index contributed by atoms with van der Waals surface area (Å²) in [4.78, 5) is 24.1.